The Morgan fingerprint density at radius 1 is 0.882 bits per heavy atom. The van der Waals surface area contributed by atoms with Crippen molar-refractivity contribution in [2.24, 2.45) is 0 Å². The molecule has 0 saturated carbocycles. The van der Waals surface area contributed by atoms with Gasteiger partial charge in [0, 0.05) is 0 Å². The summed E-state index contributed by atoms with van der Waals surface area (Å²) in [7, 11) is -1.72. The van der Waals surface area contributed by atoms with Gasteiger partial charge in [-0.25, -0.2) is 0 Å². The molecule has 2 aliphatic heterocycles. The first-order valence-corrected chi connectivity index (χ1v) is 13.2. The van der Waals surface area contributed by atoms with Crippen LogP contribution in [0.3, 0.4) is 0 Å². The summed E-state index contributed by atoms with van der Waals surface area (Å²) in [6.07, 6.45) is 2.99. The first-order valence-electron chi connectivity index (χ1n) is 7.19. The van der Waals surface area contributed by atoms with Crippen LogP contribution in [0.4, 0.5) is 0 Å². The largest absolute Gasteiger partial charge is 0.0836 e. The molecule has 1 aromatic rings. The minimum atomic E-state index is -0.937. The molecule has 2 saturated heterocycles. The van der Waals surface area contributed by atoms with Crippen LogP contribution < -0.4 is 5.19 Å². The summed E-state index contributed by atoms with van der Waals surface area (Å²) in [4.78, 5) is 0. The van der Waals surface area contributed by atoms with Crippen LogP contribution >= 0.6 is 0 Å². The minimum absolute atomic E-state index is 0.784. The standard InChI is InChI=1S/C15H24Si2/c1-16(9-3-10-16)13-14-5-7-15(8-6-14)17(2)11-4-12-17/h5-8H,3-4,9-13H2,1-2H3. The van der Waals surface area contributed by atoms with Gasteiger partial charge in [-0.05, 0) is 6.04 Å². The molecule has 0 aromatic heterocycles. The van der Waals surface area contributed by atoms with Gasteiger partial charge in [0.15, 0.2) is 0 Å². The van der Waals surface area contributed by atoms with E-state index < -0.39 is 16.1 Å². The summed E-state index contributed by atoms with van der Waals surface area (Å²) in [5.74, 6) is 0. The Morgan fingerprint density at radius 2 is 1.47 bits per heavy atom. The van der Waals surface area contributed by atoms with Crippen molar-refractivity contribution in [2.75, 3.05) is 0 Å². The second kappa shape index (κ2) is 4.09. The van der Waals surface area contributed by atoms with Crippen LogP contribution in [0.5, 0.6) is 0 Å². The van der Waals surface area contributed by atoms with Gasteiger partial charge < -0.3 is 0 Å². The van der Waals surface area contributed by atoms with Crippen LogP contribution in [0.15, 0.2) is 24.3 Å². The van der Waals surface area contributed by atoms with Crippen LogP contribution in [-0.2, 0) is 6.04 Å². The van der Waals surface area contributed by atoms with E-state index in [4.69, 9.17) is 0 Å². The van der Waals surface area contributed by atoms with Gasteiger partial charge in [-0.2, -0.15) is 0 Å². The molecule has 92 valence electrons. The maximum absolute atomic E-state index is 2.59. The molecule has 1 aromatic carbocycles. The number of hydrogen-bond acceptors (Lipinski definition) is 0. The van der Waals surface area contributed by atoms with Gasteiger partial charge in [0.2, 0.25) is 0 Å². The molecule has 0 aliphatic carbocycles. The molecule has 0 amide bonds. The smallest absolute Gasteiger partial charge is 0.0689 e. The second-order valence-corrected chi connectivity index (χ2v) is 16.6. The monoisotopic (exact) mass is 260 g/mol. The predicted octanol–water partition coefficient (Wildman–Crippen LogP) is 3.94. The molecule has 0 atom stereocenters. The van der Waals surface area contributed by atoms with Gasteiger partial charge in [-0.1, -0.05) is 85.1 Å². The summed E-state index contributed by atoms with van der Waals surface area (Å²) in [6, 6.07) is 17.5. The topological polar surface area (TPSA) is 0 Å². The molecule has 0 nitrogen and oxygen atoms in total. The SMILES string of the molecule is C[Si]1(Cc2ccc([Si]3(C)CCC3)cc2)CCC1. The van der Waals surface area contributed by atoms with Gasteiger partial charge in [0.1, 0.15) is 0 Å². The van der Waals surface area contributed by atoms with Crippen LogP contribution in [0, 0.1) is 0 Å². The van der Waals surface area contributed by atoms with Crippen molar-refractivity contribution in [3.05, 3.63) is 29.8 Å². The Labute approximate surface area is 107 Å². The highest BCUT2D eigenvalue weighted by atomic mass is 28.3. The highest BCUT2D eigenvalue weighted by Gasteiger charge is 2.36. The van der Waals surface area contributed by atoms with E-state index in [1.54, 1.807) is 22.8 Å². The van der Waals surface area contributed by atoms with Crippen molar-refractivity contribution in [1.29, 1.82) is 0 Å². The summed E-state index contributed by atoms with van der Waals surface area (Å²) in [6.45, 7) is 5.15. The molecule has 0 N–H and O–H groups in total. The highest BCUT2D eigenvalue weighted by molar-refractivity contribution is 6.92. The third-order valence-corrected chi connectivity index (χ3v) is 14.3. The first kappa shape index (κ1) is 11.7. The molecular weight excluding hydrogens is 236 g/mol. The molecule has 2 fully saturated rings. The maximum Gasteiger partial charge on any atom is 0.0836 e. The molecule has 0 bridgehead atoms. The highest BCUT2D eigenvalue weighted by Crippen LogP contribution is 2.35. The lowest BCUT2D eigenvalue weighted by Gasteiger charge is -2.38. The van der Waals surface area contributed by atoms with Gasteiger partial charge in [-0.3, -0.25) is 0 Å². The van der Waals surface area contributed by atoms with Crippen LogP contribution in [-0.4, -0.2) is 16.1 Å². The first-order chi connectivity index (χ1) is 8.10. The molecule has 2 aliphatic rings. The lowest BCUT2D eigenvalue weighted by Crippen LogP contribution is -2.50. The average molecular weight is 261 g/mol. The fraction of sp³-hybridized carbons (Fsp3) is 0.600. The lowest BCUT2D eigenvalue weighted by molar-refractivity contribution is 0.879. The zero-order valence-electron chi connectivity index (χ0n) is 11.3. The fourth-order valence-electron chi connectivity index (χ4n) is 3.47. The predicted molar refractivity (Wildman–Crippen MR) is 81.5 cm³/mol. The van der Waals surface area contributed by atoms with E-state index in [-0.39, 0.29) is 0 Å². The Kier molecular flexibility index (Phi) is 2.82. The van der Waals surface area contributed by atoms with Crippen molar-refractivity contribution >= 4 is 21.3 Å². The van der Waals surface area contributed by atoms with E-state index in [1.165, 1.54) is 31.0 Å². The molecular formula is C15H24Si2. The molecule has 0 radical (unpaired) electrons. The van der Waals surface area contributed by atoms with Crippen molar-refractivity contribution in [3.63, 3.8) is 0 Å². The van der Waals surface area contributed by atoms with Gasteiger partial charge in [-0.15, -0.1) is 0 Å². The van der Waals surface area contributed by atoms with Gasteiger partial charge in [0.25, 0.3) is 0 Å². The quantitative estimate of drug-likeness (QED) is 0.722. The lowest BCUT2D eigenvalue weighted by atomic mass is 10.2. The summed E-state index contributed by atoms with van der Waals surface area (Å²) in [5.41, 5.74) is 1.62. The van der Waals surface area contributed by atoms with E-state index >= 15 is 0 Å². The van der Waals surface area contributed by atoms with Gasteiger partial charge >= 0.3 is 0 Å². The van der Waals surface area contributed by atoms with E-state index in [9.17, 15) is 0 Å². The van der Waals surface area contributed by atoms with Crippen LogP contribution in [0.1, 0.15) is 18.4 Å². The van der Waals surface area contributed by atoms with Crippen molar-refractivity contribution in [3.8, 4) is 0 Å². The summed E-state index contributed by atoms with van der Waals surface area (Å²) in [5, 5.41) is 1.72. The van der Waals surface area contributed by atoms with Crippen molar-refractivity contribution < 1.29 is 0 Å². The van der Waals surface area contributed by atoms with Crippen LogP contribution in [0.25, 0.3) is 0 Å². The average Bonchev–Trinajstić information content (AvgIpc) is 2.25. The van der Waals surface area contributed by atoms with E-state index in [1.807, 2.05) is 0 Å². The zero-order chi connectivity index (χ0) is 11.9. The Hall–Kier alpha value is -0.346. The minimum Gasteiger partial charge on any atom is -0.0689 e. The number of rotatable bonds is 3. The molecule has 0 unspecified atom stereocenters. The van der Waals surface area contributed by atoms with E-state index in [2.05, 4.69) is 37.4 Å². The van der Waals surface area contributed by atoms with Crippen molar-refractivity contribution in [1.82, 2.24) is 0 Å². The maximum atomic E-state index is 2.59. The molecule has 2 heteroatoms. The number of hydrogen-bond donors (Lipinski definition) is 0. The zero-order valence-corrected chi connectivity index (χ0v) is 13.3. The second-order valence-electron chi connectivity index (χ2n) is 6.95. The molecule has 2 heterocycles. The molecule has 17 heavy (non-hydrogen) atoms. The Bertz CT molecular complexity index is 399. The summed E-state index contributed by atoms with van der Waals surface area (Å²) >= 11 is 0. The third-order valence-electron chi connectivity index (χ3n) is 5.30. The van der Waals surface area contributed by atoms with Gasteiger partial charge in [0.05, 0.1) is 16.1 Å². The normalized spacial score (nSPS) is 24.8. The van der Waals surface area contributed by atoms with Crippen molar-refractivity contribution in [2.45, 2.75) is 56.2 Å². The molecule has 3 rings (SSSR count). The Morgan fingerprint density at radius 3 is 1.88 bits per heavy atom. The summed E-state index contributed by atoms with van der Waals surface area (Å²) < 4.78 is 0. The van der Waals surface area contributed by atoms with E-state index in [0.29, 0.717) is 0 Å². The fourth-order valence-corrected chi connectivity index (χ4v) is 9.57. The Balaban J connectivity index is 1.71. The number of benzene rings is 1. The van der Waals surface area contributed by atoms with Crippen LogP contribution in [0.2, 0.25) is 37.3 Å². The molecule has 0 spiro atoms. The third kappa shape index (κ3) is 2.17. The van der Waals surface area contributed by atoms with E-state index in [0.717, 1.165) is 0 Å².